The second-order valence-electron chi connectivity index (χ2n) is 6.71. The van der Waals surface area contributed by atoms with E-state index in [1.807, 2.05) is 0 Å². The van der Waals surface area contributed by atoms with Crippen LogP contribution in [0.2, 0.25) is 5.02 Å². The lowest BCUT2D eigenvalue weighted by Gasteiger charge is -2.29. The van der Waals surface area contributed by atoms with E-state index in [1.165, 1.54) is 17.0 Å². The molecule has 0 saturated carbocycles. The van der Waals surface area contributed by atoms with Gasteiger partial charge in [-0.05, 0) is 48.0 Å². The summed E-state index contributed by atoms with van der Waals surface area (Å²) in [7, 11) is -1.49. The summed E-state index contributed by atoms with van der Waals surface area (Å²) < 4.78 is 25.7. The summed E-state index contributed by atoms with van der Waals surface area (Å²) in [6, 6.07) is 17.3. The van der Waals surface area contributed by atoms with Gasteiger partial charge in [0.15, 0.2) is 0 Å². The molecule has 1 aliphatic heterocycles. The first kappa shape index (κ1) is 20.3. The molecule has 3 aromatic rings. The van der Waals surface area contributed by atoms with Crippen LogP contribution in [-0.2, 0) is 22.1 Å². The second-order valence-corrected chi connectivity index (χ2v) is 8.54. The van der Waals surface area contributed by atoms with E-state index in [4.69, 9.17) is 11.6 Å². The highest BCUT2D eigenvalue weighted by molar-refractivity contribution is 7.86. The second kappa shape index (κ2) is 8.38. The molecule has 0 bridgehead atoms. The quantitative estimate of drug-likeness (QED) is 0.651. The molecule has 0 saturated heterocycles. The number of halogens is 2. The standard InChI is InChI=1S/C22H16ClFN2O3S/c23-17-3-1-2-4-18(17)25-22(28)15-7-10-20-19(11-15)26(21(27)13-30(20)29)12-14-5-8-16(24)9-6-14/h1-11H,12-13H2,(H,25,28)/t30-/m0/s1. The number of fused-ring (bicyclic) bond motifs is 1. The lowest BCUT2D eigenvalue weighted by atomic mass is 10.1. The van der Waals surface area contributed by atoms with Crippen LogP contribution in [0.3, 0.4) is 0 Å². The van der Waals surface area contributed by atoms with Crippen molar-refractivity contribution in [2.75, 3.05) is 16.0 Å². The normalized spacial score (nSPS) is 15.6. The number of anilines is 2. The molecule has 8 heteroatoms. The predicted octanol–water partition coefficient (Wildman–Crippen LogP) is 4.39. The molecule has 0 aromatic heterocycles. The van der Waals surface area contributed by atoms with Crippen molar-refractivity contribution in [3.63, 3.8) is 0 Å². The number of nitrogens with one attached hydrogen (secondary N) is 1. The summed E-state index contributed by atoms with van der Waals surface area (Å²) in [5, 5.41) is 3.14. The van der Waals surface area contributed by atoms with Gasteiger partial charge in [-0.2, -0.15) is 0 Å². The van der Waals surface area contributed by atoms with E-state index in [0.29, 0.717) is 32.4 Å². The van der Waals surface area contributed by atoms with Crippen molar-refractivity contribution in [2.45, 2.75) is 11.4 Å². The Bertz CT molecular complexity index is 1170. The van der Waals surface area contributed by atoms with E-state index in [9.17, 15) is 18.2 Å². The minimum atomic E-state index is -1.49. The fourth-order valence-electron chi connectivity index (χ4n) is 3.17. The summed E-state index contributed by atoms with van der Waals surface area (Å²) >= 11 is 6.10. The van der Waals surface area contributed by atoms with Gasteiger partial charge in [0.05, 0.1) is 38.6 Å². The third kappa shape index (κ3) is 4.13. The Labute approximate surface area is 179 Å². The molecule has 0 unspecified atom stereocenters. The molecule has 1 aliphatic rings. The average molecular weight is 443 g/mol. The van der Waals surface area contributed by atoms with Crippen LogP contribution in [0.15, 0.2) is 71.6 Å². The first-order valence-electron chi connectivity index (χ1n) is 9.05. The van der Waals surface area contributed by atoms with Crippen LogP contribution in [0.4, 0.5) is 15.8 Å². The Morgan fingerprint density at radius 2 is 1.83 bits per heavy atom. The summed E-state index contributed by atoms with van der Waals surface area (Å²) in [4.78, 5) is 27.3. The van der Waals surface area contributed by atoms with Crippen molar-refractivity contribution in [1.29, 1.82) is 0 Å². The van der Waals surface area contributed by atoms with Crippen LogP contribution in [0.5, 0.6) is 0 Å². The van der Waals surface area contributed by atoms with Gasteiger partial charge in [0.2, 0.25) is 5.91 Å². The summed E-state index contributed by atoms with van der Waals surface area (Å²) in [6.45, 7) is 0.179. The molecule has 0 fully saturated rings. The highest BCUT2D eigenvalue weighted by atomic mass is 35.5. The van der Waals surface area contributed by atoms with Crippen LogP contribution >= 0.6 is 11.6 Å². The van der Waals surface area contributed by atoms with E-state index in [1.54, 1.807) is 54.6 Å². The van der Waals surface area contributed by atoms with Gasteiger partial charge in [-0.1, -0.05) is 35.9 Å². The number of nitrogens with zero attached hydrogens (tertiary/aromatic N) is 1. The Hall–Kier alpha value is -3.03. The third-order valence-electron chi connectivity index (χ3n) is 4.69. The molecular formula is C22H16ClFN2O3S. The van der Waals surface area contributed by atoms with Gasteiger partial charge in [-0.25, -0.2) is 4.39 Å². The zero-order valence-corrected chi connectivity index (χ0v) is 17.2. The van der Waals surface area contributed by atoms with Crippen molar-refractivity contribution < 1.29 is 18.2 Å². The Morgan fingerprint density at radius 3 is 2.57 bits per heavy atom. The monoisotopic (exact) mass is 442 g/mol. The molecule has 1 N–H and O–H groups in total. The fourth-order valence-corrected chi connectivity index (χ4v) is 4.51. The Morgan fingerprint density at radius 1 is 1.10 bits per heavy atom. The molecule has 0 radical (unpaired) electrons. The Balaban J connectivity index is 1.67. The average Bonchev–Trinajstić information content (AvgIpc) is 2.73. The minimum absolute atomic E-state index is 0.140. The van der Waals surface area contributed by atoms with Gasteiger partial charge in [-0.3, -0.25) is 13.8 Å². The van der Waals surface area contributed by atoms with Crippen LogP contribution in [0.1, 0.15) is 15.9 Å². The molecule has 0 aliphatic carbocycles. The maximum Gasteiger partial charge on any atom is 0.255 e. The molecule has 30 heavy (non-hydrogen) atoms. The van der Waals surface area contributed by atoms with Crippen LogP contribution in [0, 0.1) is 5.82 Å². The van der Waals surface area contributed by atoms with Crippen molar-refractivity contribution >= 4 is 45.6 Å². The fraction of sp³-hybridized carbons (Fsp3) is 0.0909. The zero-order chi connectivity index (χ0) is 21.3. The van der Waals surface area contributed by atoms with Crippen LogP contribution in [-0.4, -0.2) is 21.8 Å². The molecule has 0 spiro atoms. The topological polar surface area (TPSA) is 66.5 Å². The SMILES string of the molecule is O=C(Nc1ccccc1Cl)c1ccc2c(c1)N(Cc1ccc(F)cc1)C(=O)C[S@@]2=O. The summed E-state index contributed by atoms with van der Waals surface area (Å²) in [5.41, 5.74) is 1.88. The van der Waals surface area contributed by atoms with Gasteiger partial charge in [0, 0.05) is 5.56 Å². The molecule has 1 atom stereocenters. The van der Waals surface area contributed by atoms with Crippen LogP contribution in [0.25, 0.3) is 0 Å². The highest BCUT2D eigenvalue weighted by Crippen LogP contribution is 2.32. The smallest absolute Gasteiger partial charge is 0.255 e. The van der Waals surface area contributed by atoms with Gasteiger partial charge in [0.1, 0.15) is 11.6 Å². The summed E-state index contributed by atoms with van der Waals surface area (Å²) in [6.07, 6.45) is 0. The van der Waals surface area contributed by atoms with Crippen molar-refractivity contribution in [1.82, 2.24) is 0 Å². The van der Waals surface area contributed by atoms with Gasteiger partial charge in [-0.15, -0.1) is 0 Å². The maximum absolute atomic E-state index is 13.2. The van der Waals surface area contributed by atoms with Crippen LogP contribution < -0.4 is 10.2 Å². The van der Waals surface area contributed by atoms with Gasteiger partial charge in [0.25, 0.3) is 5.91 Å². The van der Waals surface area contributed by atoms with Crippen molar-refractivity contribution in [3.8, 4) is 0 Å². The zero-order valence-electron chi connectivity index (χ0n) is 15.6. The largest absolute Gasteiger partial charge is 0.321 e. The maximum atomic E-state index is 13.2. The molecular weight excluding hydrogens is 427 g/mol. The van der Waals surface area contributed by atoms with E-state index in [0.717, 1.165) is 0 Å². The molecule has 152 valence electrons. The number of benzene rings is 3. The number of rotatable bonds is 4. The van der Waals surface area contributed by atoms with Crippen molar-refractivity contribution in [2.24, 2.45) is 0 Å². The van der Waals surface area contributed by atoms with Crippen molar-refractivity contribution in [3.05, 3.63) is 88.7 Å². The van der Waals surface area contributed by atoms with E-state index < -0.39 is 16.7 Å². The van der Waals surface area contributed by atoms with E-state index in [-0.39, 0.29) is 24.0 Å². The predicted molar refractivity (Wildman–Crippen MR) is 115 cm³/mol. The van der Waals surface area contributed by atoms with Gasteiger partial charge < -0.3 is 10.2 Å². The number of hydrogen-bond donors (Lipinski definition) is 1. The lowest BCUT2D eigenvalue weighted by Crippen LogP contribution is -2.38. The number of carbonyl (C=O) groups is 2. The first-order valence-corrected chi connectivity index (χ1v) is 10.7. The van der Waals surface area contributed by atoms with E-state index in [2.05, 4.69) is 5.32 Å². The molecule has 1 heterocycles. The first-order chi connectivity index (χ1) is 14.4. The third-order valence-corrected chi connectivity index (χ3v) is 6.36. The molecule has 2 amide bonds. The number of para-hydroxylation sites is 1. The van der Waals surface area contributed by atoms with E-state index >= 15 is 0 Å². The Kier molecular flexibility index (Phi) is 5.65. The molecule has 5 nitrogen and oxygen atoms in total. The summed E-state index contributed by atoms with van der Waals surface area (Å²) in [5.74, 6) is -1.24. The lowest BCUT2D eigenvalue weighted by molar-refractivity contribution is -0.116. The molecule has 3 aromatic carbocycles. The highest BCUT2D eigenvalue weighted by Gasteiger charge is 2.30. The van der Waals surface area contributed by atoms with Gasteiger partial charge >= 0.3 is 0 Å². The number of amides is 2. The minimum Gasteiger partial charge on any atom is -0.321 e. The molecule has 4 rings (SSSR count). The number of hydrogen-bond acceptors (Lipinski definition) is 3. The number of carbonyl (C=O) groups excluding carboxylic acids is 2.